The number of non-ortho nitro benzene ring substituents is 1. The zero-order valence-electron chi connectivity index (χ0n) is 11.7. The molecule has 2 aromatic rings. The third-order valence-corrected chi connectivity index (χ3v) is 3.03. The monoisotopic (exact) mass is 321 g/mol. The minimum atomic E-state index is -0.458. The highest BCUT2D eigenvalue weighted by molar-refractivity contribution is 5.94. The van der Waals surface area contributed by atoms with Gasteiger partial charge in [-0.2, -0.15) is 0 Å². The number of rotatable bonds is 5. The maximum atomic E-state index is 12.0. The van der Waals surface area contributed by atoms with Crippen molar-refractivity contribution in [3.8, 4) is 0 Å². The molecule has 0 unspecified atom stereocenters. The lowest BCUT2D eigenvalue weighted by Gasteiger charge is -2.06. The van der Waals surface area contributed by atoms with Crippen LogP contribution in [0.2, 0.25) is 0 Å². The average Bonchev–Trinajstić information content (AvgIpc) is 2.53. The van der Waals surface area contributed by atoms with Crippen molar-refractivity contribution in [2.45, 2.75) is 13.1 Å². The molecule has 0 radical (unpaired) electrons. The SMILES string of the molecule is Cl.NCc1cccc(C(=O)NCc2ccc([N+](=O)[O-])cc2)c1. The summed E-state index contributed by atoms with van der Waals surface area (Å²) in [7, 11) is 0. The first-order chi connectivity index (χ1) is 10.1. The van der Waals surface area contributed by atoms with Gasteiger partial charge in [0.05, 0.1) is 4.92 Å². The summed E-state index contributed by atoms with van der Waals surface area (Å²) >= 11 is 0. The zero-order valence-corrected chi connectivity index (χ0v) is 12.5. The molecular formula is C15H16ClN3O3. The van der Waals surface area contributed by atoms with Gasteiger partial charge in [-0.05, 0) is 23.3 Å². The quantitative estimate of drug-likeness (QED) is 0.652. The van der Waals surface area contributed by atoms with E-state index in [4.69, 9.17) is 5.73 Å². The highest BCUT2D eigenvalue weighted by atomic mass is 35.5. The fourth-order valence-corrected chi connectivity index (χ4v) is 1.86. The highest BCUT2D eigenvalue weighted by Crippen LogP contribution is 2.12. The molecule has 0 saturated heterocycles. The summed E-state index contributed by atoms with van der Waals surface area (Å²) in [5.41, 5.74) is 7.79. The van der Waals surface area contributed by atoms with E-state index in [-0.39, 0.29) is 24.0 Å². The highest BCUT2D eigenvalue weighted by Gasteiger charge is 2.07. The number of nitrogens with two attached hydrogens (primary N) is 1. The molecule has 0 aromatic heterocycles. The van der Waals surface area contributed by atoms with Gasteiger partial charge in [0.15, 0.2) is 0 Å². The van der Waals surface area contributed by atoms with Crippen molar-refractivity contribution < 1.29 is 9.72 Å². The second-order valence-electron chi connectivity index (χ2n) is 4.51. The van der Waals surface area contributed by atoms with Crippen LogP contribution in [0.15, 0.2) is 48.5 Å². The van der Waals surface area contributed by atoms with Gasteiger partial charge in [0.1, 0.15) is 0 Å². The number of benzene rings is 2. The van der Waals surface area contributed by atoms with E-state index in [1.807, 2.05) is 6.07 Å². The molecule has 7 heteroatoms. The Morgan fingerprint density at radius 3 is 2.41 bits per heavy atom. The summed E-state index contributed by atoms with van der Waals surface area (Å²) in [6.07, 6.45) is 0. The zero-order chi connectivity index (χ0) is 15.2. The smallest absolute Gasteiger partial charge is 0.269 e. The first-order valence-electron chi connectivity index (χ1n) is 6.40. The molecule has 0 aliphatic rings. The first-order valence-corrected chi connectivity index (χ1v) is 6.40. The van der Waals surface area contributed by atoms with Crippen LogP contribution in [0.3, 0.4) is 0 Å². The molecule has 0 fully saturated rings. The topological polar surface area (TPSA) is 98.3 Å². The predicted molar refractivity (Wildman–Crippen MR) is 85.8 cm³/mol. The summed E-state index contributed by atoms with van der Waals surface area (Å²) in [5, 5.41) is 13.3. The first kappa shape index (κ1) is 17.6. The Labute approximate surface area is 133 Å². The van der Waals surface area contributed by atoms with E-state index < -0.39 is 4.92 Å². The largest absolute Gasteiger partial charge is 0.348 e. The molecule has 0 saturated carbocycles. The Morgan fingerprint density at radius 1 is 1.14 bits per heavy atom. The molecule has 1 amide bonds. The molecule has 2 rings (SSSR count). The molecule has 3 N–H and O–H groups in total. The van der Waals surface area contributed by atoms with Gasteiger partial charge in [-0.25, -0.2) is 0 Å². The third kappa shape index (κ3) is 4.54. The number of carbonyl (C=O) groups excluding carboxylic acids is 1. The molecule has 0 atom stereocenters. The molecule has 0 aliphatic carbocycles. The van der Waals surface area contributed by atoms with Crippen molar-refractivity contribution in [1.82, 2.24) is 5.32 Å². The minimum Gasteiger partial charge on any atom is -0.348 e. The van der Waals surface area contributed by atoms with E-state index in [9.17, 15) is 14.9 Å². The molecule has 0 aliphatic heterocycles. The number of amides is 1. The number of hydrogen-bond acceptors (Lipinski definition) is 4. The van der Waals surface area contributed by atoms with Gasteiger partial charge in [-0.15, -0.1) is 12.4 Å². The van der Waals surface area contributed by atoms with Crippen LogP contribution in [-0.4, -0.2) is 10.8 Å². The predicted octanol–water partition coefficient (Wildman–Crippen LogP) is 2.41. The maximum Gasteiger partial charge on any atom is 0.269 e. The summed E-state index contributed by atoms with van der Waals surface area (Å²) in [6, 6.07) is 13.2. The van der Waals surface area contributed by atoms with E-state index in [2.05, 4.69) is 5.32 Å². The summed E-state index contributed by atoms with van der Waals surface area (Å²) in [4.78, 5) is 22.1. The van der Waals surface area contributed by atoms with Crippen LogP contribution in [0.5, 0.6) is 0 Å². The molecule has 0 bridgehead atoms. The molecule has 2 aromatic carbocycles. The van der Waals surface area contributed by atoms with Crippen molar-refractivity contribution in [2.24, 2.45) is 5.73 Å². The minimum absolute atomic E-state index is 0. The van der Waals surface area contributed by atoms with Crippen LogP contribution in [0.25, 0.3) is 0 Å². The fourth-order valence-electron chi connectivity index (χ4n) is 1.86. The van der Waals surface area contributed by atoms with Crippen molar-refractivity contribution in [3.63, 3.8) is 0 Å². The van der Waals surface area contributed by atoms with E-state index in [0.717, 1.165) is 11.1 Å². The van der Waals surface area contributed by atoms with Crippen molar-refractivity contribution >= 4 is 24.0 Å². The second-order valence-corrected chi connectivity index (χ2v) is 4.51. The van der Waals surface area contributed by atoms with Crippen LogP contribution in [0.4, 0.5) is 5.69 Å². The van der Waals surface area contributed by atoms with Gasteiger partial charge < -0.3 is 11.1 Å². The number of nitro benzene ring substituents is 1. The van der Waals surface area contributed by atoms with Crippen molar-refractivity contribution in [1.29, 1.82) is 0 Å². The lowest BCUT2D eigenvalue weighted by atomic mass is 10.1. The van der Waals surface area contributed by atoms with Gasteiger partial charge in [0, 0.05) is 30.8 Å². The summed E-state index contributed by atoms with van der Waals surface area (Å²) in [5.74, 6) is -0.205. The van der Waals surface area contributed by atoms with Gasteiger partial charge >= 0.3 is 0 Å². The Bertz CT molecular complexity index is 659. The lowest BCUT2D eigenvalue weighted by Crippen LogP contribution is -2.22. The molecule has 116 valence electrons. The van der Waals surface area contributed by atoms with E-state index in [1.54, 1.807) is 30.3 Å². The van der Waals surface area contributed by atoms with Crippen LogP contribution >= 0.6 is 12.4 Å². The van der Waals surface area contributed by atoms with Crippen LogP contribution in [-0.2, 0) is 13.1 Å². The Hall–Kier alpha value is -2.44. The van der Waals surface area contributed by atoms with E-state index in [0.29, 0.717) is 18.7 Å². The third-order valence-electron chi connectivity index (χ3n) is 3.03. The van der Waals surface area contributed by atoms with E-state index >= 15 is 0 Å². The number of nitrogens with one attached hydrogen (secondary N) is 1. The normalized spacial score (nSPS) is 9.68. The van der Waals surface area contributed by atoms with Crippen molar-refractivity contribution in [2.75, 3.05) is 0 Å². The van der Waals surface area contributed by atoms with Crippen molar-refractivity contribution in [3.05, 3.63) is 75.3 Å². The lowest BCUT2D eigenvalue weighted by molar-refractivity contribution is -0.384. The van der Waals surface area contributed by atoms with Gasteiger partial charge in [0.25, 0.3) is 11.6 Å². The van der Waals surface area contributed by atoms with Crippen LogP contribution in [0.1, 0.15) is 21.5 Å². The van der Waals surface area contributed by atoms with Gasteiger partial charge in [-0.3, -0.25) is 14.9 Å². The standard InChI is InChI=1S/C15H15N3O3.ClH/c16-9-12-2-1-3-13(8-12)15(19)17-10-11-4-6-14(7-5-11)18(20)21;/h1-8H,9-10,16H2,(H,17,19);1H. The van der Waals surface area contributed by atoms with Crippen LogP contribution < -0.4 is 11.1 Å². The van der Waals surface area contributed by atoms with Gasteiger partial charge in [-0.1, -0.05) is 24.3 Å². The molecule has 22 heavy (non-hydrogen) atoms. The Kier molecular flexibility index (Phi) is 6.49. The number of carbonyl (C=O) groups is 1. The second kappa shape index (κ2) is 8.11. The summed E-state index contributed by atoms with van der Waals surface area (Å²) < 4.78 is 0. The average molecular weight is 322 g/mol. The summed E-state index contributed by atoms with van der Waals surface area (Å²) in [6.45, 7) is 0.688. The van der Waals surface area contributed by atoms with E-state index in [1.165, 1.54) is 12.1 Å². The molecule has 0 spiro atoms. The Morgan fingerprint density at radius 2 is 1.82 bits per heavy atom. The molecule has 0 heterocycles. The number of nitro groups is 1. The Balaban J connectivity index is 0.00000242. The maximum absolute atomic E-state index is 12.0. The fraction of sp³-hybridized carbons (Fsp3) is 0.133. The number of nitrogens with zero attached hydrogens (tertiary/aromatic N) is 1. The van der Waals surface area contributed by atoms with Gasteiger partial charge in [0.2, 0.25) is 0 Å². The number of halogens is 1. The van der Waals surface area contributed by atoms with Crippen LogP contribution in [0, 0.1) is 10.1 Å². The molecule has 6 nitrogen and oxygen atoms in total. The number of hydrogen-bond donors (Lipinski definition) is 2. The molecular weight excluding hydrogens is 306 g/mol.